The maximum Gasteiger partial charge on any atom is 0.222 e. The summed E-state index contributed by atoms with van der Waals surface area (Å²) in [6, 6.07) is 0.589. The van der Waals surface area contributed by atoms with Crippen LogP contribution in [0.2, 0.25) is 0 Å². The average Bonchev–Trinajstić information content (AvgIpc) is 2.29. The zero-order chi connectivity index (χ0) is 12.0. The van der Waals surface area contributed by atoms with Gasteiger partial charge in [0.05, 0.1) is 12.5 Å². The lowest BCUT2D eigenvalue weighted by molar-refractivity contribution is -0.124. The van der Waals surface area contributed by atoms with Crippen molar-refractivity contribution >= 4 is 5.91 Å². The molecule has 16 heavy (non-hydrogen) atoms. The summed E-state index contributed by atoms with van der Waals surface area (Å²) < 4.78 is 5.07. The first-order valence-corrected chi connectivity index (χ1v) is 5.93. The van der Waals surface area contributed by atoms with Gasteiger partial charge in [-0.2, -0.15) is 0 Å². The number of rotatable bonds is 5. The molecular weight excluding hydrogens is 206 g/mol. The Morgan fingerprint density at radius 3 is 2.56 bits per heavy atom. The predicted octanol–water partition coefficient (Wildman–Crippen LogP) is -0.264. The maximum absolute atomic E-state index is 11.6. The number of methoxy groups -OCH3 is 1. The van der Waals surface area contributed by atoms with Crippen molar-refractivity contribution in [1.82, 2.24) is 5.32 Å². The van der Waals surface area contributed by atoms with Crippen LogP contribution in [-0.4, -0.2) is 37.7 Å². The largest absolute Gasteiger partial charge is 0.380 e. The lowest BCUT2D eigenvalue weighted by Crippen LogP contribution is -2.42. The molecule has 1 unspecified atom stereocenters. The van der Waals surface area contributed by atoms with E-state index in [1.165, 1.54) is 0 Å². The second kappa shape index (κ2) is 6.83. The number of carbonyl (C=O) groups excluding carboxylic acids is 1. The number of hydrogen-bond donors (Lipinski definition) is 3. The summed E-state index contributed by atoms with van der Waals surface area (Å²) >= 11 is 0. The Bertz CT molecular complexity index is 211. The molecule has 94 valence electrons. The molecule has 1 fully saturated rings. The molecule has 0 aromatic heterocycles. The second-order valence-electron chi connectivity index (χ2n) is 4.48. The van der Waals surface area contributed by atoms with Crippen molar-refractivity contribution in [2.75, 3.05) is 13.7 Å². The molecule has 0 aliphatic heterocycles. The van der Waals surface area contributed by atoms with Gasteiger partial charge in [-0.25, -0.2) is 0 Å². The van der Waals surface area contributed by atoms with Crippen molar-refractivity contribution in [3.63, 3.8) is 0 Å². The standard InChI is InChI=1S/C11H23N3O2/c1-16-10(7-12)6-11(15)14-9-4-2-8(13)3-5-9/h8-10H,2-7,12-13H2,1H3,(H,14,15). The Labute approximate surface area is 96.9 Å². The van der Waals surface area contributed by atoms with Crippen molar-refractivity contribution in [3.05, 3.63) is 0 Å². The summed E-state index contributed by atoms with van der Waals surface area (Å²) in [5, 5.41) is 3.01. The smallest absolute Gasteiger partial charge is 0.222 e. The van der Waals surface area contributed by atoms with Crippen LogP contribution in [0.1, 0.15) is 32.1 Å². The van der Waals surface area contributed by atoms with Crippen LogP contribution in [0.3, 0.4) is 0 Å². The Morgan fingerprint density at radius 1 is 1.44 bits per heavy atom. The molecule has 0 radical (unpaired) electrons. The highest BCUT2D eigenvalue weighted by Gasteiger charge is 2.21. The molecule has 0 aromatic carbocycles. The molecule has 5 nitrogen and oxygen atoms in total. The highest BCUT2D eigenvalue weighted by atomic mass is 16.5. The lowest BCUT2D eigenvalue weighted by atomic mass is 9.92. The molecule has 0 saturated heterocycles. The lowest BCUT2D eigenvalue weighted by Gasteiger charge is -2.27. The zero-order valence-electron chi connectivity index (χ0n) is 9.95. The molecule has 0 aromatic rings. The quantitative estimate of drug-likeness (QED) is 0.605. The second-order valence-corrected chi connectivity index (χ2v) is 4.48. The van der Waals surface area contributed by atoms with Crippen LogP contribution in [0, 0.1) is 0 Å². The molecule has 1 saturated carbocycles. The summed E-state index contributed by atoms with van der Waals surface area (Å²) in [4.78, 5) is 11.6. The first-order chi connectivity index (χ1) is 7.65. The van der Waals surface area contributed by atoms with Gasteiger partial charge < -0.3 is 21.5 Å². The Morgan fingerprint density at radius 2 is 2.06 bits per heavy atom. The van der Waals surface area contributed by atoms with Gasteiger partial charge in [-0.05, 0) is 25.7 Å². The van der Waals surface area contributed by atoms with Gasteiger partial charge in [-0.1, -0.05) is 0 Å². The van der Waals surface area contributed by atoms with Crippen LogP contribution in [-0.2, 0) is 9.53 Å². The van der Waals surface area contributed by atoms with E-state index in [2.05, 4.69) is 5.32 Å². The van der Waals surface area contributed by atoms with Crippen molar-refractivity contribution in [2.24, 2.45) is 11.5 Å². The fraction of sp³-hybridized carbons (Fsp3) is 0.909. The van der Waals surface area contributed by atoms with E-state index in [0.717, 1.165) is 25.7 Å². The van der Waals surface area contributed by atoms with Gasteiger partial charge >= 0.3 is 0 Å². The number of nitrogens with two attached hydrogens (primary N) is 2. The Kier molecular flexibility index (Phi) is 5.73. The first kappa shape index (κ1) is 13.4. The zero-order valence-corrected chi connectivity index (χ0v) is 9.95. The molecule has 0 spiro atoms. The van der Waals surface area contributed by atoms with Crippen molar-refractivity contribution in [1.29, 1.82) is 0 Å². The minimum absolute atomic E-state index is 0.0257. The molecule has 1 aliphatic rings. The molecule has 5 N–H and O–H groups in total. The van der Waals surface area contributed by atoms with E-state index in [1.54, 1.807) is 7.11 Å². The van der Waals surface area contributed by atoms with Gasteiger partial charge in [0.1, 0.15) is 0 Å². The van der Waals surface area contributed by atoms with E-state index >= 15 is 0 Å². The summed E-state index contributed by atoms with van der Waals surface area (Å²) in [6.45, 7) is 0.374. The number of amides is 1. The normalized spacial score (nSPS) is 27.4. The van der Waals surface area contributed by atoms with Gasteiger partial charge in [-0.15, -0.1) is 0 Å². The van der Waals surface area contributed by atoms with E-state index in [9.17, 15) is 4.79 Å². The molecule has 1 atom stereocenters. The van der Waals surface area contributed by atoms with Gasteiger partial charge in [-0.3, -0.25) is 4.79 Å². The van der Waals surface area contributed by atoms with E-state index in [0.29, 0.717) is 19.0 Å². The predicted molar refractivity (Wildman–Crippen MR) is 62.8 cm³/mol. The van der Waals surface area contributed by atoms with E-state index in [1.807, 2.05) is 0 Å². The molecule has 1 aliphatic carbocycles. The number of ether oxygens (including phenoxy) is 1. The number of hydrogen-bond acceptors (Lipinski definition) is 4. The van der Waals surface area contributed by atoms with Crippen molar-refractivity contribution in [3.8, 4) is 0 Å². The Hall–Kier alpha value is -0.650. The highest BCUT2D eigenvalue weighted by Crippen LogP contribution is 2.17. The Balaban J connectivity index is 2.23. The topological polar surface area (TPSA) is 90.4 Å². The summed E-state index contributed by atoms with van der Waals surface area (Å²) in [7, 11) is 1.57. The number of nitrogens with one attached hydrogen (secondary N) is 1. The molecule has 1 amide bonds. The summed E-state index contributed by atoms with van der Waals surface area (Å²) in [5.74, 6) is 0.0257. The van der Waals surface area contributed by atoms with Gasteiger partial charge in [0, 0.05) is 25.7 Å². The van der Waals surface area contributed by atoms with Gasteiger partial charge in [0.15, 0.2) is 0 Å². The molecular formula is C11H23N3O2. The molecule has 0 heterocycles. The maximum atomic E-state index is 11.6. The average molecular weight is 229 g/mol. The van der Waals surface area contributed by atoms with Crippen molar-refractivity contribution < 1.29 is 9.53 Å². The monoisotopic (exact) mass is 229 g/mol. The summed E-state index contributed by atoms with van der Waals surface area (Å²) in [5.41, 5.74) is 11.3. The van der Waals surface area contributed by atoms with Crippen LogP contribution in [0.4, 0.5) is 0 Å². The minimum atomic E-state index is -0.175. The van der Waals surface area contributed by atoms with Crippen LogP contribution >= 0.6 is 0 Å². The molecule has 5 heteroatoms. The van der Waals surface area contributed by atoms with Crippen LogP contribution in [0.25, 0.3) is 0 Å². The fourth-order valence-electron chi connectivity index (χ4n) is 2.02. The van der Waals surface area contributed by atoms with E-state index in [-0.39, 0.29) is 18.1 Å². The third-order valence-corrected chi connectivity index (χ3v) is 3.15. The highest BCUT2D eigenvalue weighted by molar-refractivity contribution is 5.76. The van der Waals surface area contributed by atoms with E-state index in [4.69, 9.17) is 16.2 Å². The van der Waals surface area contributed by atoms with Crippen LogP contribution in [0.5, 0.6) is 0 Å². The van der Waals surface area contributed by atoms with Crippen LogP contribution < -0.4 is 16.8 Å². The van der Waals surface area contributed by atoms with Crippen molar-refractivity contribution in [2.45, 2.75) is 50.3 Å². The summed E-state index contributed by atoms with van der Waals surface area (Å²) in [6.07, 6.45) is 4.12. The van der Waals surface area contributed by atoms with Gasteiger partial charge in [0.2, 0.25) is 5.91 Å². The fourth-order valence-corrected chi connectivity index (χ4v) is 2.02. The van der Waals surface area contributed by atoms with E-state index < -0.39 is 0 Å². The van der Waals surface area contributed by atoms with Crippen LogP contribution in [0.15, 0.2) is 0 Å². The first-order valence-electron chi connectivity index (χ1n) is 5.93. The van der Waals surface area contributed by atoms with Gasteiger partial charge in [0.25, 0.3) is 0 Å². The molecule has 0 bridgehead atoms. The third kappa shape index (κ3) is 4.47. The SMILES string of the molecule is COC(CN)CC(=O)NC1CCC(N)CC1. The number of carbonyl (C=O) groups is 1. The third-order valence-electron chi connectivity index (χ3n) is 3.15. The minimum Gasteiger partial charge on any atom is -0.380 e. The molecule has 1 rings (SSSR count).